The molecule has 0 amide bonds. The Balaban J connectivity index is 1.58. The first-order chi connectivity index (χ1) is 16.0. The van der Waals surface area contributed by atoms with Crippen molar-refractivity contribution in [3.8, 4) is 17.3 Å². The quantitative estimate of drug-likeness (QED) is 0.413. The standard InChI is InChI=1S/C21H15F3N4O5S/c22-21(23,24)33-13-6-8-14(9-7-13)34(30,31)15-10-16(25)17(26-11-15)19-27-28-20(32-19)18(29)12-4-2-1-3-5-12/h1-11,18,29H,25H2. The summed E-state index contributed by atoms with van der Waals surface area (Å²) in [5, 5.41) is 18.0. The third-order valence-corrected chi connectivity index (χ3v) is 6.30. The highest BCUT2D eigenvalue weighted by Gasteiger charge is 2.31. The van der Waals surface area contributed by atoms with E-state index >= 15 is 0 Å². The monoisotopic (exact) mass is 492 g/mol. The Hall–Kier alpha value is -3.97. The van der Waals surface area contributed by atoms with E-state index in [0.717, 1.165) is 36.5 Å². The van der Waals surface area contributed by atoms with Crippen LogP contribution in [0.1, 0.15) is 17.6 Å². The molecule has 0 fully saturated rings. The van der Waals surface area contributed by atoms with Crippen LogP contribution >= 0.6 is 0 Å². The molecule has 176 valence electrons. The minimum Gasteiger partial charge on any atom is -0.416 e. The van der Waals surface area contributed by atoms with Crippen molar-refractivity contribution in [3.05, 3.63) is 78.3 Å². The first-order valence-electron chi connectivity index (χ1n) is 9.48. The van der Waals surface area contributed by atoms with Crippen LogP contribution in [0.5, 0.6) is 5.75 Å². The zero-order valence-corrected chi connectivity index (χ0v) is 17.8. The zero-order chi connectivity index (χ0) is 24.5. The number of anilines is 1. The first kappa shape index (κ1) is 23.2. The van der Waals surface area contributed by atoms with Crippen molar-refractivity contribution >= 4 is 15.5 Å². The molecule has 34 heavy (non-hydrogen) atoms. The lowest BCUT2D eigenvalue weighted by Crippen LogP contribution is -2.17. The van der Waals surface area contributed by atoms with Crippen molar-refractivity contribution in [1.82, 2.24) is 15.2 Å². The van der Waals surface area contributed by atoms with Crippen LogP contribution in [0.3, 0.4) is 0 Å². The maximum absolute atomic E-state index is 12.8. The summed E-state index contributed by atoms with van der Waals surface area (Å²) in [6, 6.07) is 13.4. The number of pyridine rings is 1. The molecule has 0 saturated carbocycles. The summed E-state index contributed by atoms with van der Waals surface area (Å²) in [5.41, 5.74) is 6.36. The van der Waals surface area contributed by atoms with Crippen LogP contribution in [-0.2, 0) is 9.84 Å². The van der Waals surface area contributed by atoms with Crippen LogP contribution in [0.4, 0.5) is 18.9 Å². The van der Waals surface area contributed by atoms with E-state index in [4.69, 9.17) is 10.2 Å². The molecule has 9 nitrogen and oxygen atoms in total. The van der Waals surface area contributed by atoms with Crippen LogP contribution in [0.25, 0.3) is 11.6 Å². The number of rotatable bonds is 6. The third-order valence-electron chi connectivity index (χ3n) is 4.56. The highest BCUT2D eigenvalue weighted by Crippen LogP contribution is 2.31. The van der Waals surface area contributed by atoms with Crippen LogP contribution in [0, 0.1) is 0 Å². The molecule has 0 bridgehead atoms. The van der Waals surface area contributed by atoms with Gasteiger partial charge in [0.2, 0.25) is 15.7 Å². The molecule has 0 spiro atoms. The molecule has 1 unspecified atom stereocenters. The van der Waals surface area contributed by atoms with Gasteiger partial charge < -0.3 is 20.0 Å². The number of sulfone groups is 1. The lowest BCUT2D eigenvalue weighted by Gasteiger charge is -2.10. The van der Waals surface area contributed by atoms with Crippen molar-refractivity contribution in [3.63, 3.8) is 0 Å². The molecule has 0 aliphatic carbocycles. The van der Waals surface area contributed by atoms with Crippen molar-refractivity contribution in [2.24, 2.45) is 0 Å². The molecule has 13 heteroatoms. The van der Waals surface area contributed by atoms with Gasteiger partial charge in [0.25, 0.3) is 5.89 Å². The Morgan fingerprint density at radius 2 is 1.68 bits per heavy atom. The largest absolute Gasteiger partial charge is 0.573 e. The Morgan fingerprint density at radius 1 is 1.00 bits per heavy atom. The van der Waals surface area contributed by atoms with Crippen LogP contribution < -0.4 is 10.5 Å². The number of nitrogens with zero attached hydrogens (tertiary/aromatic N) is 3. The number of hydrogen-bond acceptors (Lipinski definition) is 9. The molecule has 4 aromatic rings. The normalized spacial score (nSPS) is 12.9. The van der Waals surface area contributed by atoms with E-state index in [1.165, 1.54) is 0 Å². The van der Waals surface area contributed by atoms with Gasteiger partial charge in [-0.05, 0) is 35.9 Å². The molecule has 4 rings (SSSR count). The average Bonchev–Trinajstić information content (AvgIpc) is 3.28. The minimum atomic E-state index is -4.90. The molecular formula is C21H15F3N4O5S. The number of halogens is 3. The number of alkyl halides is 3. The van der Waals surface area contributed by atoms with Crippen LogP contribution in [0.15, 0.2) is 81.1 Å². The van der Waals surface area contributed by atoms with Gasteiger partial charge in [0.05, 0.1) is 15.5 Å². The Kier molecular flexibility index (Phi) is 5.98. The van der Waals surface area contributed by atoms with Crippen molar-refractivity contribution in [1.29, 1.82) is 0 Å². The summed E-state index contributed by atoms with van der Waals surface area (Å²) in [6.07, 6.45) is -5.09. The summed E-state index contributed by atoms with van der Waals surface area (Å²) >= 11 is 0. The maximum atomic E-state index is 12.8. The van der Waals surface area contributed by atoms with Crippen LogP contribution in [-0.4, -0.2) is 35.1 Å². The van der Waals surface area contributed by atoms with Crippen LogP contribution in [0.2, 0.25) is 0 Å². The van der Waals surface area contributed by atoms with E-state index in [9.17, 15) is 26.7 Å². The fourth-order valence-corrected chi connectivity index (χ4v) is 4.20. The summed E-state index contributed by atoms with van der Waals surface area (Å²) in [4.78, 5) is 3.40. The Labute approximate surface area is 190 Å². The summed E-state index contributed by atoms with van der Waals surface area (Å²) in [5.74, 6) is -0.815. The highest BCUT2D eigenvalue weighted by atomic mass is 32.2. The average molecular weight is 492 g/mol. The molecule has 0 aliphatic heterocycles. The van der Waals surface area contributed by atoms with Gasteiger partial charge in [-0.15, -0.1) is 23.4 Å². The van der Waals surface area contributed by atoms with Gasteiger partial charge in [-0.1, -0.05) is 30.3 Å². The lowest BCUT2D eigenvalue weighted by molar-refractivity contribution is -0.274. The molecule has 1 atom stereocenters. The predicted octanol–water partition coefficient (Wildman–Crippen LogP) is 3.53. The van der Waals surface area contributed by atoms with Gasteiger partial charge in [0.1, 0.15) is 5.75 Å². The van der Waals surface area contributed by atoms with Gasteiger partial charge in [-0.25, -0.2) is 13.4 Å². The third kappa shape index (κ3) is 4.84. The molecule has 0 aliphatic rings. The second kappa shape index (κ2) is 8.76. The number of aromatic nitrogens is 3. The van der Waals surface area contributed by atoms with E-state index in [0.29, 0.717) is 5.56 Å². The zero-order valence-electron chi connectivity index (χ0n) is 17.0. The van der Waals surface area contributed by atoms with Crippen molar-refractivity contribution in [2.45, 2.75) is 22.3 Å². The van der Waals surface area contributed by atoms with E-state index < -0.39 is 28.1 Å². The topological polar surface area (TPSA) is 141 Å². The molecule has 0 saturated heterocycles. The Morgan fingerprint density at radius 3 is 2.29 bits per heavy atom. The number of aliphatic hydroxyl groups excluding tert-OH is 1. The number of nitrogens with two attached hydrogens (primary N) is 1. The minimum absolute atomic E-state index is 0.00751. The lowest BCUT2D eigenvalue weighted by atomic mass is 10.1. The number of ether oxygens (including phenoxy) is 1. The Bertz CT molecular complexity index is 1410. The van der Waals surface area contributed by atoms with Gasteiger partial charge in [0, 0.05) is 6.20 Å². The van der Waals surface area contributed by atoms with Gasteiger partial charge in [-0.3, -0.25) is 0 Å². The number of aliphatic hydroxyl groups is 1. The van der Waals surface area contributed by atoms with E-state index in [1.807, 2.05) is 0 Å². The fraction of sp³-hybridized carbons (Fsp3) is 0.0952. The second-order valence-corrected chi connectivity index (χ2v) is 8.84. The number of nitrogen functional groups attached to an aromatic ring is 1. The van der Waals surface area contributed by atoms with E-state index in [1.54, 1.807) is 30.3 Å². The fourth-order valence-electron chi connectivity index (χ4n) is 2.96. The molecule has 2 aromatic carbocycles. The highest BCUT2D eigenvalue weighted by molar-refractivity contribution is 7.91. The number of hydrogen-bond donors (Lipinski definition) is 2. The smallest absolute Gasteiger partial charge is 0.416 e. The van der Waals surface area contributed by atoms with Gasteiger partial charge in [-0.2, -0.15) is 0 Å². The maximum Gasteiger partial charge on any atom is 0.573 e. The van der Waals surface area contributed by atoms with Gasteiger partial charge in [0.15, 0.2) is 11.8 Å². The van der Waals surface area contributed by atoms with E-state index in [2.05, 4.69) is 19.9 Å². The predicted molar refractivity (Wildman–Crippen MR) is 111 cm³/mol. The van der Waals surface area contributed by atoms with E-state index in [-0.39, 0.29) is 33.0 Å². The molecular weight excluding hydrogens is 477 g/mol. The van der Waals surface area contributed by atoms with Gasteiger partial charge >= 0.3 is 6.36 Å². The van der Waals surface area contributed by atoms with Crippen molar-refractivity contribution < 1.29 is 35.8 Å². The molecule has 3 N–H and O–H groups in total. The summed E-state index contributed by atoms with van der Waals surface area (Å²) < 4.78 is 71.8. The van der Waals surface area contributed by atoms with Crippen molar-refractivity contribution in [2.75, 3.05) is 5.73 Å². The first-order valence-corrected chi connectivity index (χ1v) is 11.0. The molecule has 0 radical (unpaired) electrons. The molecule has 2 heterocycles. The second-order valence-electron chi connectivity index (χ2n) is 6.89. The summed E-state index contributed by atoms with van der Waals surface area (Å²) in [7, 11) is -4.15. The summed E-state index contributed by atoms with van der Waals surface area (Å²) in [6.45, 7) is 0. The molecule has 2 aromatic heterocycles. The SMILES string of the molecule is Nc1cc(S(=O)(=O)c2ccc(OC(F)(F)F)cc2)cnc1-c1nnc(C(O)c2ccccc2)o1. The number of benzene rings is 2.